The van der Waals surface area contributed by atoms with Gasteiger partial charge in [-0.1, -0.05) is 6.07 Å². The summed E-state index contributed by atoms with van der Waals surface area (Å²) < 4.78 is 5.91. The molecule has 1 heterocycles. The first-order valence-electron chi connectivity index (χ1n) is 5.40. The summed E-state index contributed by atoms with van der Waals surface area (Å²) >= 11 is 1.37. The molecule has 0 fully saturated rings. The maximum Gasteiger partial charge on any atom is 0.499 e. The van der Waals surface area contributed by atoms with Crippen LogP contribution in [0, 0.1) is 0 Å². The summed E-state index contributed by atoms with van der Waals surface area (Å²) in [5.74, 6) is 0.843. The second-order valence-corrected chi connectivity index (χ2v) is 4.65. The van der Waals surface area contributed by atoms with Crippen molar-refractivity contribution in [2.45, 2.75) is 6.92 Å². The molecule has 0 spiro atoms. The van der Waals surface area contributed by atoms with Crippen molar-refractivity contribution in [3.8, 4) is 16.2 Å². The second-order valence-electron chi connectivity index (χ2n) is 3.53. The van der Waals surface area contributed by atoms with Gasteiger partial charge in [0.1, 0.15) is 5.75 Å². The lowest BCUT2D eigenvalue weighted by Gasteiger charge is -2.03. The molecule has 2 aromatic rings. The molecule has 88 valence electrons. The third kappa shape index (κ3) is 2.88. The first-order valence-corrected chi connectivity index (χ1v) is 6.21. The second kappa shape index (κ2) is 5.36. The monoisotopic (exact) mass is 248 g/mol. The fourth-order valence-corrected chi connectivity index (χ4v) is 2.41. The number of hydrogen-bond acceptors (Lipinski definition) is 4. The van der Waals surface area contributed by atoms with Gasteiger partial charge in [-0.2, -0.15) is 0 Å². The maximum atomic E-state index is 9.04. The highest BCUT2D eigenvalue weighted by molar-refractivity contribution is 7.24. The molecule has 0 amide bonds. The number of benzene rings is 1. The van der Waals surface area contributed by atoms with Crippen molar-refractivity contribution in [2.75, 3.05) is 6.61 Å². The maximum absolute atomic E-state index is 9.04. The third-order valence-electron chi connectivity index (χ3n) is 2.33. The zero-order valence-electron chi connectivity index (χ0n) is 9.46. The standard InChI is InChI=1S/C12H13BO3S/c1-2-16-10-5-3-9(4-6-10)11-7-8-12(17-11)13(14)15/h3-8,14-15H,2H2,1H3. The molecule has 1 aromatic carbocycles. The van der Waals surface area contributed by atoms with E-state index in [-0.39, 0.29) is 0 Å². The van der Waals surface area contributed by atoms with Gasteiger partial charge in [-0.3, -0.25) is 0 Å². The van der Waals surface area contributed by atoms with E-state index in [1.165, 1.54) is 11.3 Å². The molecule has 1 aromatic heterocycles. The van der Waals surface area contributed by atoms with E-state index in [1.807, 2.05) is 37.3 Å². The zero-order chi connectivity index (χ0) is 12.3. The molecule has 17 heavy (non-hydrogen) atoms. The Morgan fingerprint density at radius 2 is 1.82 bits per heavy atom. The van der Waals surface area contributed by atoms with Gasteiger partial charge in [-0.15, -0.1) is 11.3 Å². The van der Waals surface area contributed by atoms with Gasteiger partial charge in [-0.05, 0) is 42.8 Å². The average molecular weight is 248 g/mol. The smallest absolute Gasteiger partial charge is 0.494 e. The minimum absolute atomic E-state index is 0.550. The topological polar surface area (TPSA) is 49.7 Å². The van der Waals surface area contributed by atoms with E-state index in [9.17, 15) is 0 Å². The third-order valence-corrected chi connectivity index (χ3v) is 3.51. The lowest BCUT2D eigenvalue weighted by Crippen LogP contribution is -2.26. The Morgan fingerprint density at radius 3 is 2.35 bits per heavy atom. The average Bonchev–Trinajstić information content (AvgIpc) is 2.80. The van der Waals surface area contributed by atoms with Gasteiger partial charge in [0.25, 0.3) is 0 Å². The molecule has 0 radical (unpaired) electrons. The van der Waals surface area contributed by atoms with Crippen molar-refractivity contribution in [2.24, 2.45) is 0 Å². The predicted molar refractivity (Wildman–Crippen MR) is 70.7 cm³/mol. The number of rotatable bonds is 4. The summed E-state index contributed by atoms with van der Waals surface area (Å²) in [4.78, 5) is 1.01. The van der Waals surface area contributed by atoms with Crippen LogP contribution in [0.25, 0.3) is 10.4 Å². The molecule has 2 rings (SSSR count). The van der Waals surface area contributed by atoms with Crippen molar-refractivity contribution >= 4 is 23.2 Å². The highest BCUT2D eigenvalue weighted by atomic mass is 32.1. The molecule has 2 N–H and O–H groups in total. The highest BCUT2D eigenvalue weighted by Crippen LogP contribution is 2.25. The molecular weight excluding hydrogens is 235 g/mol. The van der Waals surface area contributed by atoms with E-state index in [2.05, 4.69) is 0 Å². The molecule has 0 atom stereocenters. The minimum Gasteiger partial charge on any atom is -0.494 e. The van der Waals surface area contributed by atoms with Crippen LogP contribution in [0.1, 0.15) is 6.92 Å². The van der Waals surface area contributed by atoms with Gasteiger partial charge < -0.3 is 14.8 Å². The summed E-state index contributed by atoms with van der Waals surface area (Å²) in [5, 5.41) is 18.1. The van der Waals surface area contributed by atoms with Gasteiger partial charge >= 0.3 is 7.12 Å². The molecule has 0 saturated heterocycles. The Balaban J connectivity index is 2.21. The molecule has 0 bridgehead atoms. The van der Waals surface area contributed by atoms with Crippen molar-refractivity contribution < 1.29 is 14.8 Å². The van der Waals surface area contributed by atoms with E-state index in [1.54, 1.807) is 6.07 Å². The molecule has 0 saturated carbocycles. The number of ether oxygens (including phenoxy) is 1. The van der Waals surface area contributed by atoms with Crippen LogP contribution in [0.4, 0.5) is 0 Å². The summed E-state index contributed by atoms with van der Waals surface area (Å²) in [6.45, 7) is 2.60. The lowest BCUT2D eigenvalue weighted by atomic mass is 9.90. The fourth-order valence-electron chi connectivity index (χ4n) is 1.53. The van der Waals surface area contributed by atoms with Crippen molar-refractivity contribution in [3.63, 3.8) is 0 Å². The van der Waals surface area contributed by atoms with Gasteiger partial charge in [0.05, 0.1) is 6.61 Å². The summed E-state index contributed by atoms with van der Waals surface area (Å²) in [7, 11) is -1.39. The highest BCUT2D eigenvalue weighted by Gasteiger charge is 2.14. The molecule has 0 aliphatic heterocycles. The number of hydrogen-bond donors (Lipinski definition) is 2. The molecule has 0 aliphatic carbocycles. The Labute approximate surface area is 104 Å². The molecule has 5 heteroatoms. The molecule has 3 nitrogen and oxygen atoms in total. The van der Waals surface area contributed by atoms with Gasteiger partial charge in [0, 0.05) is 9.65 Å². The van der Waals surface area contributed by atoms with E-state index < -0.39 is 7.12 Å². The van der Waals surface area contributed by atoms with Gasteiger partial charge in [0.15, 0.2) is 0 Å². The van der Waals surface area contributed by atoms with Crippen LogP contribution in [-0.2, 0) is 0 Å². The van der Waals surface area contributed by atoms with E-state index in [0.717, 1.165) is 16.2 Å². The van der Waals surface area contributed by atoms with Crippen molar-refractivity contribution in [1.29, 1.82) is 0 Å². The summed E-state index contributed by atoms with van der Waals surface area (Å²) in [6.07, 6.45) is 0. The molecule has 0 unspecified atom stereocenters. The van der Waals surface area contributed by atoms with Crippen LogP contribution in [0.15, 0.2) is 36.4 Å². The Morgan fingerprint density at radius 1 is 1.12 bits per heavy atom. The SMILES string of the molecule is CCOc1ccc(-c2ccc(B(O)O)s2)cc1. The van der Waals surface area contributed by atoms with E-state index in [4.69, 9.17) is 14.8 Å². The normalized spacial score (nSPS) is 10.3. The quantitative estimate of drug-likeness (QED) is 0.806. The molecule has 0 aliphatic rings. The van der Waals surface area contributed by atoms with Gasteiger partial charge in [-0.25, -0.2) is 0 Å². The lowest BCUT2D eigenvalue weighted by molar-refractivity contribution is 0.340. The summed E-state index contributed by atoms with van der Waals surface area (Å²) in [6, 6.07) is 11.4. The van der Waals surface area contributed by atoms with Crippen LogP contribution >= 0.6 is 11.3 Å². The largest absolute Gasteiger partial charge is 0.499 e. The minimum atomic E-state index is -1.39. The van der Waals surface area contributed by atoms with Gasteiger partial charge in [0.2, 0.25) is 0 Å². The number of thiophene rings is 1. The van der Waals surface area contributed by atoms with Crippen LogP contribution in [-0.4, -0.2) is 23.8 Å². The van der Waals surface area contributed by atoms with Crippen LogP contribution in [0.2, 0.25) is 0 Å². The predicted octanol–water partition coefficient (Wildman–Crippen LogP) is 1.49. The molecular formula is C12H13BO3S. The summed E-state index contributed by atoms with van der Waals surface area (Å²) in [5.41, 5.74) is 1.05. The van der Waals surface area contributed by atoms with E-state index >= 15 is 0 Å². The van der Waals surface area contributed by atoms with Crippen molar-refractivity contribution in [3.05, 3.63) is 36.4 Å². The fraction of sp³-hybridized carbons (Fsp3) is 0.167. The first kappa shape index (κ1) is 12.2. The van der Waals surface area contributed by atoms with Crippen LogP contribution < -0.4 is 9.51 Å². The van der Waals surface area contributed by atoms with Crippen LogP contribution in [0.5, 0.6) is 5.75 Å². The Hall–Kier alpha value is -1.30. The zero-order valence-corrected chi connectivity index (χ0v) is 10.3. The Bertz CT molecular complexity index is 479. The first-order chi connectivity index (χ1) is 8.20. The van der Waals surface area contributed by atoms with Crippen LogP contribution in [0.3, 0.4) is 0 Å². The van der Waals surface area contributed by atoms with Crippen molar-refractivity contribution in [1.82, 2.24) is 0 Å². The van der Waals surface area contributed by atoms with E-state index in [0.29, 0.717) is 11.4 Å². The Kier molecular flexibility index (Phi) is 3.84.